The van der Waals surface area contributed by atoms with Gasteiger partial charge in [0.25, 0.3) is 0 Å². The summed E-state index contributed by atoms with van der Waals surface area (Å²) in [6, 6.07) is 8.33. The lowest BCUT2D eigenvalue weighted by molar-refractivity contribution is 0.289. The number of rotatable bonds is 9. The molecule has 3 aromatic heterocycles. The van der Waals surface area contributed by atoms with Crippen molar-refractivity contribution in [2.75, 3.05) is 11.9 Å². The molecule has 0 saturated heterocycles. The number of pyridine rings is 1. The maximum Gasteiger partial charge on any atom is 0.359 e. The zero-order chi connectivity index (χ0) is 32.7. The molecule has 0 atom stereocenters. The van der Waals surface area contributed by atoms with Gasteiger partial charge in [-0.1, -0.05) is 29.8 Å². The van der Waals surface area contributed by atoms with Crippen molar-refractivity contribution in [1.82, 2.24) is 28.9 Å². The van der Waals surface area contributed by atoms with Crippen LogP contribution < -0.4 is 22.4 Å². The summed E-state index contributed by atoms with van der Waals surface area (Å²) in [7, 11) is 1.73. The van der Waals surface area contributed by atoms with Gasteiger partial charge in [0.2, 0.25) is 5.95 Å². The molecule has 3 aromatic carbocycles. The number of nitrogens with one attached hydrogen (secondary N) is 1. The Morgan fingerprint density at radius 2 is 1.79 bits per heavy atom. The minimum absolute atomic E-state index is 0. The summed E-state index contributed by atoms with van der Waals surface area (Å²) in [5.41, 5.74) is 6.12. The van der Waals surface area contributed by atoms with E-state index in [0.717, 1.165) is 21.3 Å². The fourth-order valence-corrected chi connectivity index (χ4v) is 5.80. The van der Waals surface area contributed by atoms with E-state index in [-0.39, 0.29) is 65.9 Å². The van der Waals surface area contributed by atoms with Gasteiger partial charge in [0, 0.05) is 48.8 Å². The maximum atomic E-state index is 14.3. The monoisotopic (exact) mass is 722 g/mol. The van der Waals surface area contributed by atoms with Crippen molar-refractivity contribution in [2.24, 2.45) is 12.8 Å². The standard InChI is InChI=1S/C31H26ClF3N8O3.2ClH/c1-41-15-20-19(6-3-7-44)28(21(32)10-24(20)40-41)38-29-39-30(45)43(25-13-37-12-18-5-2-4-17(11-36)26(18)25)31(46)42(29)14-16-8-22(33)27(35)23(34)9-16;;/h2,4-5,8-10,12-13,15,44H,3,6-7,11,14,36H2,1H3,(H,38,39,45);2*1H. The third kappa shape index (κ3) is 6.62. The Labute approximate surface area is 287 Å². The van der Waals surface area contributed by atoms with Crippen molar-refractivity contribution in [3.05, 3.63) is 115 Å². The lowest BCUT2D eigenvalue weighted by Gasteiger charge is -2.19. The van der Waals surface area contributed by atoms with Crippen molar-refractivity contribution < 1.29 is 18.3 Å². The van der Waals surface area contributed by atoms with E-state index in [0.29, 0.717) is 45.6 Å². The fraction of sp³-hybridized carbons (Fsp3) is 0.194. The van der Waals surface area contributed by atoms with E-state index < -0.39 is 35.4 Å². The molecule has 0 spiro atoms. The summed E-state index contributed by atoms with van der Waals surface area (Å²) in [5, 5.41) is 18.9. The number of hydrogen-bond donors (Lipinski definition) is 3. The van der Waals surface area contributed by atoms with Gasteiger partial charge in [-0.2, -0.15) is 10.1 Å². The number of nitrogens with zero attached hydrogens (tertiary/aromatic N) is 6. The number of hydrogen-bond acceptors (Lipinski definition) is 8. The van der Waals surface area contributed by atoms with Gasteiger partial charge in [0.1, 0.15) is 0 Å². The summed E-state index contributed by atoms with van der Waals surface area (Å²) in [4.78, 5) is 36.4. The molecule has 0 fully saturated rings. The number of nitrogens with two attached hydrogens (primary N) is 1. The molecule has 0 bridgehead atoms. The van der Waals surface area contributed by atoms with E-state index in [2.05, 4.69) is 20.4 Å². The predicted molar refractivity (Wildman–Crippen MR) is 182 cm³/mol. The SMILES string of the molecule is Cl.Cl.Cn1cc2c(CCCO)c(Nc3nc(=O)n(-c4cncc5cccc(CN)c45)c(=O)n3Cc3cc(F)c(F)c(F)c3)c(Cl)cc2n1. The topological polar surface area (TPSA) is 146 Å². The van der Waals surface area contributed by atoms with Crippen molar-refractivity contribution >= 4 is 69.7 Å². The average Bonchev–Trinajstić information content (AvgIpc) is 3.40. The lowest BCUT2D eigenvalue weighted by Crippen LogP contribution is -2.42. The second-order valence-electron chi connectivity index (χ2n) is 10.6. The van der Waals surface area contributed by atoms with Gasteiger partial charge in [-0.05, 0) is 47.7 Å². The summed E-state index contributed by atoms with van der Waals surface area (Å²) >= 11 is 6.69. The third-order valence-corrected chi connectivity index (χ3v) is 7.87. The van der Waals surface area contributed by atoms with Crippen molar-refractivity contribution in [1.29, 1.82) is 0 Å². The molecule has 0 aliphatic heterocycles. The first-order chi connectivity index (χ1) is 22.1. The highest BCUT2D eigenvalue weighted by molar-refractivity contribution is 6.34. The zero-order valence-electron chi connectivity index (χ0n) is 25.1. The van der Waals surface area contributed by atoms with Crippen LogP contribution >= 0.6 is 36.4 Å². The van der Waals surface area contributed by atoms with Crippen LogP contribution in [-0.4, -0.2) is 40.6 Å². The lowest BCUT2D eigenvalue weighted by atomic mass is 10.0. The largest absolute Gasteiger partial charge is 0.396 e. The van der Waals surface area contributed by atoms with Crippen LogP contribution in [0.15, 0.2) is 64.6 Å². The van der Waals surface area contributed by atoms with E-state index in [1.165, 1.54) is 6.20 Å². The van der Waals surface area contributed by atoms with Gasteiger partial charge in [0.15, 0.2) is 17.5 Å². The molecule has 0 aliphatic rings. The number of aromatic nitrogens is 6. The molecule has 0 radical (unpaired) electrons. The predicted octanol–water partition coefficient (Wildman–Crippen LogP) is 4.92. The maximum absolute atomic E-state index is 14.3. The van der Waals surface area contributed by atoms with Gasteiger partial charge >= 0.3 is 11.4 Å². The number of benzene rings is 3. The van der Waals surface area contributed by atoms with E-state index in [1.54, 1.807) is 48.4 Å². The number of anilines is 2. The third-order valence-electron chi connectivity index (χ3n) is 7.57. The Morgan fingerprint density at radius 3 is 2.48 bits per heavy atom. The highest BCUT2D eigenvalue weighted by Crippen LogP contribution is 2.36. The van der Waals surface area contributed by atoms with Crippen molar-refractivity contribution in [3.63, 3.8) is 0 Å². The quantitative estimate of drug-likeness (QED) is 0.178. The molecule has 4 N–H and O–H groups in total. The van der Waals surface area contributed by atoms with Crippen LogP contribution in [0.5, 0.6) is 0 Å². The van der Waals surface area contributed by atoms with Crippen LogP contribution in [-0.2, 0) is 26.6 Å². The van der Waals surface area contributed by atoms with Crippen LogP contribution in [0.3, 0.4) is 0 Å². The summed E-state index contributed by atoms with van der Waals surface area (Å²) < 4.78 is 45.7. The normalized spacial score (nSPS) is 11.1. The molecule has 11 nitrogen and oxygen atoms in total. The number of fused-ring (bicyclic) bond motifs is 2. The number of aliphatic hydroxyl groups is 1. The Balaban J connectivity index is 0.00000260. The molecule has 252 valence electrons. The number of halogens is 6. The molecule has 48 heavy (non-hydrogen) atoms. The summed E-state index contributed by atoms with van der Waals surface area (Å²) in [5.74, 6) is -4.89. The molecule has 3 heterocycles. The highest BCUT2D eigenvalue weighted by atomic mass is 35.5. The van der Waals surface area contributed by atoms with Gasteiger partial charge in [-0.3, -0.25) is 14.2 Å². The molecular formula is C31H28Cl3F3N8O3. The minimum atomic E-state index is -1.67. The van der Waals surface area contributed by atoms with Crippen LogP contribution in [0.1, 0.15) is 23.1 Å². The Bertz CT molecular complexity index is 2250. The van der Waals surface area contributed by atoms with Gasteiger partial charge in [-0.15, -0.1) is 24.8 Å². The highest BCUT2D eigenvalue weighted by Gasteiger charge is 2.22. The number of aryl methyl sites for hydroxylation is 2. The first kappa shape index (κ1) is 36.4. The molecule has 6 aromatic rings. The first-order valence-corrected chi connectivity index (χ1v) is 14.4. The second-order valence-corrected chi connectivity index (χ2v) is 11.0. The van der Waals surface area contributed by atoms with Crippen molar-refractivity contribution in [2.45, 2.75) is 25.9 Å². The van der Waals surface area contributed by atoms with E-state index >= 15 is 0 Å². The summed E-state index contributed by atoms with van der Waals surface area (Å²) in [6.07, 6.45) is 5.32. The molecule has 0 aliphatic carbocycles. The second kappa shape index (κ2) is 14.7. The summed E-state index contributed by atoms with van der Waals surface area (Å²) in [6.45, 7) is -0.564. The molecule has 17 heteroatoms. The minimum Gasteiger partial charge on any atom is -0.396 e. The number of aliphatic hydroxyl groups excluding tert-OH is 1. The van der Waals surface area contributed by atoms with Gasteiger partial charge in [0.05, 0.1) is 34.7 Å². The van der Waals surface area contributed by atoms with Crippen molar-refractivity contribution in [3.8, 4) is 5.69 Å². The van der Waals surface area contributed by atoms with Crippen LogP contribution in [0.2, 0.25) is 5.02 Å². The first-order valence-electron chi connectivity index (χ1n) is 14.1. The van der Waals surface area contributed by atoms with Crippen LogP contribution in [0.25, 0.3) is 27.4 Å². The van der Waals surface area contributed by atoms with Crippen LogP contribution in [0, 0.1) is 17.5 Å². The Kier molecular flexibility index (Phi) is 11.2. The van der Waals surface area contributed by atoms with E-state index in [9.17, 15) is 27.9 Å². The van der Waals surface area contributed by atoms with E-state index in [1.807, 2.05) is 0 Å². The average molecular weight is 724 g/mol. The van der Waals surface area contributed by atoms with E-state index in [4.69, 9.17) is 17.3 Å². The Hall–Kier alpha value is -4.47. The zero-order valence-corrected chi connectivity index (χ0v) is 27.5. The molecule has 0 saturated carbocycles. The molecule has 0 unspecified atom stereocenters. The molecule has 6 rings (SSSR count). The molecule has 0 amide bonds. The Morgan fingerprint density at radius 1 is 1.06 bits per heavy atom. The fourth-order valence-electron chi connectivity index (χ4n) is 5.53. The smallest absolute Gasteiger partial charge is 0.359 e. The molecular weight excluding hydrogens is 696 g/mol. The van der Waals surface area contributed by atoms with Gasteiger partial charge < -0.3 is 16.2 Å². The van der Waals surface area contributed by atoms with Crippen LogP contribution in [0.4, 0.5) is 24.8 Å². The van der Waals surface area contributed by atoms with Gasteiger partial charge in [-0.25, -0.2) is 27.3 Å².